The van der Waals surface area contributed by atoms with Crippen LogP contribution in [0.25, 0.3) is 0 Å². The molecular formula is C16H17ClN2O. The molecule has 0 unspecified atom stereocenters. The lowest BCUT2D eigenvalue weighted by atomic mass is 10.2. The van der Waals surface area contributed by atoms with Gasteiger partial charge in [-0.05, 0) is 29.8 Å². The van der Waals surface area contributed by atoms with E-state index in [0.29, 0.717) is 18.0 Å². The number of hydrogen-bond acceptors (Lipinski definition) is 2. The van der Waals surface area contributed by atoms with Gasteiger partial charge in [0.1, 0.15) is 0 Å². The average Bonchev–Trinajstić information content (AvgIpc) is 2.47. The lowest BCUT2D eigenvalue weighted by molar-refractivity contribution is -0.116. The molecule has 0 saturated carbocycles. The zero-order valence-electron chi connectivity index (χ0n) is 11.1. The van der Waals surface area contributed by atoms with Crippen LogP contribution in [0.2, 0.25) is 5.02 Å². The van der Waals surface area contributed by atoms with E-state index in [2.05, 4.69) is 22.8 Å². The minimum atomic E-state index is -0.00659. The van der Waals surface area contributed by atoms with E-state index in [4.69, 9.17) is 11.6 Å². The van der Waals surface area contributed by atoms with Gasteiger partial charge in [0.05, 0.1) is 0 Å². The quantitative estimate of drug-likeness (QED) is 0.799. The van der Waals surface area contributed by atoms with Gasteiger partial charge in [0.25, 0.3) is 0 Å². The van der Waals surface area contributed by atoms with Crippen molar-refractivity contribution < 1.29 is 4.79 Å². The number of halogens is 1. The molecule has 3 nitrogen and oxygen atoms in total. The molecule has 104 valence electrons. The summed E-state index contributed by atoms with van der Waals surface area (Å²) in [6, 6.07) is 17.2. The van der Waals surface area contributed by atoms with Crippen LogP contribution in [0.1, 0.15) is 12.0 Å². The lowest BCUT2D eigenvalue weighted by Crippen LogP contribution is -2.21. The third kappa shape index (κ3) is 5.03. The fourth-order valence-electron chi connectivity index (χ4n) is 1.79. The highest BCUT2D eigenvalue weighted by molar-refractivity contribution is 6.30. The Hall–Kier alpha value is -1.84. The monoisotopic (exact) mass is 288 g/mol. The molecule has 0 aliphatic heterocycles. The van der Waals surface area contributed by atoms with Crippen molar-refractivity contribution >= 4 is 23.2 Å². The summed E-state index contributed by atoms with van der Waals surface area (Å²) in [6.45, 7) is 1.42. The van der Waals surface area contributed by atoms with Crippen LogP contribution in [0.15, 0.2) is 54.6 Å². The zero-order chi connectivity index (χ0) is 14.2. The number of amides is 1. The number of anilines is 1. The zero-order valence-corrected chi connectivity index (χ0v) is 11.9. The van der Waals surface area contributed by atoms with Gasteiger partial charge in [0.15, 0.2) is 0 Å². The van der Waals surface area contributed by atoms with Crippen LogP contribution in [-0.2, 0) is 11.3 Å². The maximum absolute atomic E-state index is 11.7. The Morgan fingerprint density at radius 2 is 1.70 bits per heavy atom. The van der Waals surface area contributed by atoms with Crippen molar-refractivity contribution in [1.82, 2.24) is 5.32 Å². The molecule has 2 rings (SSSR count). The number of nitrogens with one attached hydrogen (secondary N) is 2. The first kappa shape index (κ1) is 14.6. The summed E-state index contributed by atoms with van der Waals surface area (Å²) in [5, 5.41) is 6.74. The lowest BCUT2D eigenvalue weighted by Gasteiger charge is -2.06. The van der Waals surface area contributed by atoms with E-state index in [1.165, 1.54) is 5.56 Å². The van der Waals surface area contributed by atoms with Gasteiger partial charge in [0, 0.05) is 30.2 Å². The molecule has 0 spiro atoms. The fraction of sp³-hybridized carbons (Fsp3) is 0.188. The summed E-state index contributed by atoms with van der Waals surface area (Å²) >= 11 is 5.79. The normalized spacial score (nSPS) is 10.2. The van der Waals surface area contributed by atoms with E-state index in [1.54, 1.807) is 24.3 Å². The summed E-state index contributed by atoms with van der Waals surface area (Å²) in [6.07, 6.45) is 0.440. The highest BCUT2D eigenvalue weighted by Gasteiger charge is 2.01. The fourth-order valence-corrected chi connectivity index (χ4v) is 1.91. The van der Waals surface area contributed by atoms with Crippen LogP contribution in [0.5, 0.6) is 0 Å². The summed E-state index contributed by atoms with van der Waals surface area (Å²) in [4.78, 5) is 11.7. The van der Waals surface area contributed by atoms with E-state index in [-0.39, 0.29) is 5.91 Å². The van der Waals surface area contributed by atoms with Crippen molar-refractivity contribution in [2.45, 2.75) is 13.0 Å². The third-order valence-corrected chi connectivity index (χ3v) is 3.08. The first-order valence-corrected chi connectivity index (χ1v) is 6.92. The molecule has 0 atom stereocenters. The Labute approximate surface area is 124 Å². The third-order valence-electron chi connectivity index (χ3n) is 2.83. The van der Waals surface area contributed by atoms with E-state index in [0.717, 1.165) is 12.2 Å². The topological polar surface area (TPSA) is 41.1 Å². The van der Waals surface area contributed by atoms with Crippen molar-refractivity contribution in [3.63, 3.8) is 0 Å². The van der Waals surface area contributed by atoms with E-state index < -0.39 is 0 Å². The SMILES string of the molecule is O=C(CCNCc1ccccc1)Nc1ccc(Cl)cc1. The highest BCUT2D eigenvalue weighted by atomic mass is 35.5. The van der Waals surface area contributed by atoms with E-state index in [9.17, 15) is 4.79 Å². The Balaban J connectivity index is 1.66. The van der Waals surface area contributed by atoms with Crippen LogP contribution in [0, 0.1) is 0 Å². The van der Waals surface area contributed by atoms with Crippen molar-refractivity contribution in [3.8, 4) is 0 Å². The Kier molecular flexibility index (Phi) is 5.59. The van der Waals surface area contributed by atoms with Crippen LogP contribution < -0.4 is 10.6 Å². The minimum absolute atomic E-state index is 0.00659. The average molecular weight is 289 g/mol. The highest BCUT2D eigenvalue weighted by Crippen LogP contribution is 2.13. The van der Waals surface area contributed by atoms with Crippen LogP contribution >= 0.6 is 11.6 Å². The van der Waals surface area contributed by atoms with Crippen LogP contribution in [-0.4, -0.2) is 12.5 Å². The number of rotatable bonds is 6. The molecule has 20 heavy (non-hydrogen) atoms. The molecule has 1 amide bonds. The maximum Gasteiger partial charge on any atom is 0.225 e. The second kappa shape index (κ2) is 7.68. The summed E-state index contributed by atoms with van der Waals surface area (Å²) in [5.74, 6) is -0.00659. The number of carbonyl (C=O) groups is 1. The van der Waals surface area contributed by atoms with E-state index in [1.807, 2.05) is 18.2 Å². The Morgan fingerprint density at radius 3 is 2.40 bits per heavy atom. The first-order valence-electron chi connectivity index (χ1n) is 6.54. The Bertz CT molecular complexity index is 540. The number of carbonyl (C=O) groups excluding carboxylic acids is 1. The molecule has 0 bridgehead atoms. The molecule has 0 saturated heterocycles. The van der Waals surface area contributed by atoms with Crippen molar-refractivity contribution in [1.29, 1.82) is 0 Å². The summed E-state index contributed by atoms with van der Waals surface area (Å²) in [5.41, 5.74) is 1.98. The molecule has 0 fully saturated rings. The van der Waals surface area contributed by atoms with Crippen molar-refractivity contribution in [2.24, 2.45) is 0 Å². The van der Waals surface area contributed by atoms with Gasteiger partial charge in [-0.3, -0.25) is 4.79 Å². The van der Waals surface area contributed by atoms with Gasteiger partial charge >= 0.3 is 0 Å². The number of hydrogen-bond donors (Lipinski definition) is 2. The van der Waals surface area contributed by atoms with Crippen LogP contribution in [0.3, 0.4) is 0 Å². The molecular weight excluding hydrogens is 272 g/mol. The van der Waals surface area contributed by atoms with Gasteiger partial charge < -0.3 is 10.6 Å². The molecule has 0 aliphatic rings. The Morgan fingerprint density at radius 1 is 1.00 bits per heavy atom. The molecule has 0 aromatic heterocycles. The molecule has 2 N–H and O–H groups in total. The molecule has 0 radical (unpaired) electrons. The van der Waals surface area contributed by atoms with Crippen molar-refractivity contribution in [2.75, 3.05) is 11.9 Å². The largest absolute Gasteiger partial charge is 0.326 e. The standard InChI is InChI=1S/C16H17ClN2O/c17-14-6-8-15(9-7-14)19-16(20)10-11-18-12-13-4-2-1-3-5-13/h1-9,18H,10-12H2,(H,19,20). The summed E-state index contributed by atoms with van der Waals surface area (Å²) < 4.78 is 0. The smallest absolute Gasteiger partial charge is 0.225 e. The van der Waals surface area contributed by atoms with Gasteiger partial charge in [-0.2, -0.15) is 0 Å². The van der Waals surface area contributed by atoms with Gasteiger partial charge in [-0.25, -0.2) is 0 Å². The minimum Gasteiger partial charge on any atom is -0.326 e. The maximum atomic E-state index is 11.7. The number of benzene rings is 2. The van der Waals surface area contributed by atoms with Gasteiger partial charge in [0.2, 0.25) is 5.91 Å². The second-order valence-corrected chi connectivity index (χ2v) is 4.90. The molecule has 4 heteroatoms. The van der Waals surface area contributed by atoms with E-state index >= 15 is 0 Å². The predicted molar refractivity (Wildman–Crippen MR) is 82.8 cm³/mol. The molecule has 0 aliphatic carbocycles. The predicted octanol–water partition coefficient (Wildman–Crippen LogP) is 3.46. The first-order chi connectivity index (χ1) is 9.74. The van der Waals surface area contributed by atoms with Crippen molar-refractivity contribution in [3.05, 3.63) is 65.2 Å². The van der Waals surface area contributed by atoms with Gasteiger partial charge in [-0.1, -0.05) is 41.9 Å². The molecule has 0 heterocycles. The van der Waals surface area contributed by atoms with Gasteiger partial charge in [-0.15, -0.1) is 0 Å². The second-order valence-electron chi connectivity index (χ2n) is 4.47. The summed E-state index contributed by atoms with van der Waals surface area (Å²) in [7, 11) is 0. The van der Waals surface area contributed by atoms with Crippen LogP contribution in [0.4, 0.5) is 5.69 Å². The molecule has 2 aromatic carbocycles. The molecule has 2 aromatic rings.